The van der Waals surface area contributed by atoms with Gasteiger partial charge in [-0.1, -0.05) is 29.0 Å². The van der Waals surface area contributed by atoms with Crippen molar-refractivity contribution in [3.8, 4) is 0 Å². The van der Waals surface area contributed by atoms with Crippen LogP contribution in [0.25, 0.3) is 0 Å². The number of nitrogens with zero attached hydrogens (tertiary/aromatic N) is 4. The van der Waals surface area contributed by atoms with Crippen LogP contribution in [0.1, 0.15) is 5.56 Å². The van der Waals surface area contributed by atoms with Gasteiger partial charge >= 0.3 is 0 Å². The quantitative estimate of drug-likeness (QED) is 0.774. The van der Waals surface area contributed by atoms with E-state index in [2.05, 4.69) is 10.3 Å². The number of halogens is 2. The molecule has 1 saturated heterocycles. The summed E-state index contributed by atoms with van der Waals surface area (Å²) >= 11 is 5.95. The summed E-state index contributed by atoms with van der Waals surface area (Å²) in [6, 6.07) is 9.09. The van der Waals surface area contributed by atoms with Gasteiger partial charge in [0.2, 0.25) is 0 Å². The summed E-state index contributed by atoms with van der Waals surface area (Å²) in [5.41, 5.74) is 1.22. The van der Waals surface area contributed by atoms with Crippen molar-refractivity contribution < 1.29 is 14.0 Å². The zero-order valence-electron chi connectivity index (χ0n) is 13.1. The van der Waals surface area contributed by atoms with E-state index in [4.69, 9.17) is 11.6 Å². The Morgan fingerprint density at radius 1 is 1.08 bits per heavy atom. The lowest BCUT2D eigenvalue weighted by atomic mass is 10.1. The fourth-order valence-electron chi connectivity index (χ4n) is 2.97. The lowest BCUT2D eigenvalue weighted by Gasteiger charge is -2.21. The SMILES string of the molecule is Cc1ccc(N2N=N[C@H]3C(=O)N(c4cccc(Cl)c4)C(=O)[C@@H]32)cc1F. The van der Waals surface area contributed by atoms with Crippen LogP contribution in [-0.4, -0.2) is 23.9 Å². The topological polar surface area (TPSA) is 65.3 Å². The van der Waals surface area contributed by atoms with Gasteiger partial charge < -0.3 is 0 Å². The van der Waals surface area contributed by atoms with Gasteiger partial charge in [0, 0.05) is 5.02 Å². The van der Waals surface area contributed by atoms with Crippen LogP contribution in [0.3, 0.4) is 0 Å². The molecule has 2 heterocycles. The number of hydrogen-bond donors (Lipinski definition) is 0. The highest BCUT2D eigenvalue weighted by molar-refractivity contribution is 6.31. The van der Waals surface area contributed by atoms with Gasteiger partial charge in [-0.2, -0.15) is 5.11 Å². The van der Waals surface area contributed by atoms with Gasteiger partial charge in [0.25, 0.3) is 11.8 Å². The van der Waals surface area contributed by atoms with Crippen molar-refractivity contribution in [3.05, 3.63) is 58.9 Å². The van der Waals surface area contributed by atoms with Crippen LogP contribution in [0.5, 0.6) is 0 Å². The fraction of sp³-hybridized carbons (Fsp3) is 0.176. The fourth-order valence-corrected chi connectivity index (χ4v) is 3.15. The van der Waals surface area contributed by atoms with Crippen molar-refractivity contribution in [1.82, 2.24) is 0 Å². The highest BCUT2D eigenvalue weighted by Gasteiger charge is 2.55. The molecule has 0 bridgehead atoms. The molecule has 0 saturated carbocycles. The van der Waals surface area contributed by atoms with Crippen LogP contribution >= 0.6 is 11.6 Å². The maximum absolute atomic E-state index is 13.9. The van der Waals surface area contributed by atoms with Crippen LogP contribution < -0.4 is 9.91 Å². The molecular weight excluding hydrogens is 347 g/mol. The summed E-state index contributed by atoms with van der Waals surface area (Å²) in [6.45, 7) is 1.64. The maximum Gasteiger partial charge on any atom is 0.263 e. The molecule has 0 aliphatic carbocycles. The lowest BCUT2D eigenvalue weighted by molar-refractivity contribution is -0.121. The Kier molecular flexibility index (Phi) is 3.54. The standard InChI is InChI=1S/C17H12ClFN4O2/c1-9-5-6-12(8-13(9)19)23-15-14(20-21-23)16(24)22(17(15)25)11-4-2-3-10(18)7-11/h2-8,14-15H,1H3/t14-,15-/m1/s1. The molecule has 0 aromatic heterocycles. The largest absolute Gasteiger partial charge is 0.271 e. The third-order valence-corrected chi connectivity index (χ3v) is 4.50. The first-order chi connectivity index (χ1) is 12.0. The highest BCUT2D eigenvalue weighted by Crippen LogP contribution is 2.35. The molecule has 6 nitrogen and oxygen atoms in total. The second kappa shape index (κ2) is 5.63. The Morgan fingerprint density at radius 3 is 2.60 bits per heavy atom. The second-order valence-corrected chi connectivity index (χ2v) is 6.30. The van der Waals surface area contributed by atoms with Crippen molar-refractivity contribution in [2.75, 3.05) is 9.91 Å². The minimum absolute atomic E-state index is 0.369. The Hall–Kier alpha value is -2.80. The number of aryl methyl sites for hydroxylation is 1. The molecule has 126 valence electrons. The van der Waals surface area contributed by atoms with E-state index in [0.717, 1.165) is 4.90 Å². The zero-order valence-corrected chi connectivity index (χ0v) is 13.8. The molecule has 2 aromatic rings. The number of carbonyl (C=O) groups excluding carboxylic acids is 2. The monoisotopic (exact) mass is 358 g/mol. The number of benzene rings is 2. The van der Waals surface area contributed by atoms with Crippen molar-refractivity contribution in [1.29, 1.82) is 0 Å². The van der Waals surface area contributed by atoms with E-state index in [1.54, 1.807) is 37.3 Å². The summed E-state index contributed by atoms with van der Waals surface area (Å²) in [7, 11) is 0. The molecule has 1 fully saturated rings. The Labute approximate surface area is 147 Å². The molecule has 0 N–H and O–H groups in total. The third-order valence-electron chi connectivity index (χ3n) is 4.27. The van der Waals surface area contributed by atoms with Crippen LogP contribution in [0, 0.1) is 12.7 Å². The number of rotatable bonds is 2. The normalized spacial score (nSPS) is 22.0. The molecular formula is C17H12ClFN4O2. The number of hydrogen-bond acceptors (Lipinski definition) is 5. The summed E-state index contributed by atoms with van der Waals surface area (Å²) in [6.07, 6.45) is 0. The van der Waals surface area contributed by atoms with E-state index in [9.17, 15) is 14.0 Å². The molecule has 2 amide bonds. The van der Waals surface area contributed by atoms with Crippen molar-refractivity contribution in [2.24, 2.45) is 10.3 Å². The summed E-state index contributed by atoms with van der Waals surface area (Å²) in [4.78, 5) is 26.5. The van der Waals surface area contributed by atoms with E-state index >= 15 is 0 Å². The summed E-state index contributed by atoms with van der Waals surface area (Å²) in [5, 5.41) is 9.53. The van der Waals surface area contributed by atoms with Crippen LogP contribution in [0.2, 0.25) is 5.02 Å². The lowest BCUT2D eigenvalue weighted by Crippen LogP contribution is -2.40. The van der Waals surface area contributed by atoms with Gasteiger partial charge in [0.05, 0.1) is 11.4 Å². The smallest absolute Gasteiger partial charge is 0.263 e. The van der Waals surface area contributed by atoms with Gasteiger partial charge in [-0.25, -0.2) is 14.3 Å². The number of amides is 2. The van der Waals surface area contributed by atoms with Crippen LogP contribution in [0.15, 0.2) is 52.8 Å². The summed E-state index contributed by atoms with van der Waals surface area (Å²) < 4.78 is 13.9. The number of fused-ring (bicyclic) bond motifs is 1. The zero-order chi connectivity index (χ0) is 17.7. The first-order valence-corrected chi connectivity index (χ1v) is 7.95. The van der Waals surface area contributed by atoms with Gasteiger partial charge in [0.1, 0.15) is 5.82 Å². The minimum atomic E-state index is -0.948. The molecule has 2 aromatic carbocycles. The van der Waals surface area contributed by atoms with E-state index < -0.39 is 29.7 Å². The van der Waals surface area contributed by atoms with E-state index in [0.29, 0.717) is 22.0 Å². The Morgan fingerprint density at radius 2 is 1.88 bits per heavy atom. The Bertz CT molecular complexity index is 933. The van der Waals surface area contributed by atoms with Crippen LogP contribution in [0.4, 0.5) is 15.8 Å². The average molecular weight is 359 g/mol. The number of imide groups is 1. The molecule has 2 atom stereocenters. The third kappa shape index (κ3) is 2.39. The molecule has 2 aliphatic rings. The number of carbonyl (C=O) groups is 2. The van der Waals surface area contributed by atoms with E-state index in [-0.39, 0.29) is 0 Å². The van der Waals surface area contributed by atoms with E-state index in [1.807, 2.05) is 0 Å². The van der Waals surface area contributed by atoms with Crippen molar-refractivity contribution in [2.45, 2.75) is 19.0 Å². The van der Waals surface area contributed by atoms with Crippen molar-refractivity contribution in [3.63, 3.8) is 0 Å². The predicted molar refractivity (Wildman–Crippen MR) is 90.0 cm³/mol. The molecule has 25 heavy (non-hydrogen) atoms. The van der Waals surface area contributed by atoms with E-state index in [1.165, 1.54) is 17.1 Å². The first-order valence-electron chi connectivity index (χ1n) is 7.57. The molecule has 4 rings (SSSR count). The second-order valence-electron chi connectivity index (χ2n) is 5.86. The van der Waals surface area contributed by atoms with Crippen LogP contribution in [-0.2, 0) is 9.59 Å². The predicted octanol–water partition coefficient (Wildman–Crippen LogP) is 3.29. The average Bonchev–Trinajstić information content (AvgIpc) is 3.11. The highest BCUT2D eigenvalue weighted by atomic mass is 35.5. The molecule has 0 unspecified atom stereocenters. The molecule has 0 radical (unpaired) electrons. The maximum atomic E-state index is 13.9. The minimum Gasteiger partial charge on any atom is -0.271 e. The molecule has 0 spiro atoms. The van der Waals surface area contributed by atoms with Gasteiger partial charge in [-0.05, 0) is 42.8 Å². The van der Waals surface area contributed by atoms with Gasteiger partial charge in [-0.3, -0.25) is 9.59 Å². The molecule has 8 heteroatoms. The summed E-state index contributed by atoms with van der Waals surface area (Å²) in [5.74, 6) is -1.36. The molecule has 2 aliphatic heterocycles. The van der Waals surface area contributed by atoms with Gasteiger partial charge in [0.15, 0.2) is 12.1 Å². The van der Waals surface area contributed by atoms with Crippen molar-refractivity contribution >= 4 is 34.8 Å². The first kappa shape index (κ1) is 15.7. The Balaban J connectivity index is 1.71. The van der Waals surface area contributed by atoms with Gasteiger partial charge in [-0.15, -0.1) is 0 Å². The number of anilines is 2.